The fraction of sp³-hybridized carbons (Fsp3) is 0.304. The number of nitrogens with one attached hydrogen (secondary N) is 1. The van der Waals surface area contributed by atoms with Crippen LogP contribution in [0.3, 0.4) is 0 Å². The highest BCUT2D eigenvalue weighted by atomic mass is 16.1. The van der Waals surface area contributed by atoms with Gasteiger partial charge in [-0.25, -0.2) is 4.68 Å². The number of aryl methyl sites for hydroxylation is 1. The molecule has 0 atom stereocenters. The number of amides is 1. The zero-order valence-electron chi connectivity index (χ0n) is 16.1. The first-order valence-corrected chi connectivity index (χ1v) is 9.89. The predicted octanol–water partition coefficient (Wildman–Crippen LogP) is 3.85. The minimum atomic E-state index is -0.0686. The maximum atomic E-state index is 13.1. The monoisotopic (exact) mass is 374 g/mol. The van der Waals surface area contributed by atoms with E-state index >= 15 is 0 Å². The summed E-state index contributed by atoms with van der Waals surface area (Å²) in [6.07, 6.45) is 5.61. The standard InChI is InChI=1S/C23H26N4O/c1-16-7-5-6-10-20(16)22-21(15-27(26-22)19-8-3-2-4-9-19)23(28)25-18-13-11-17(24)12-14-18/h2-10,15,17-18H,11-14,24H2,1H3,(H,25,28). The molecule has 4 rings (SSSR count). The third-order valence-electron chi connectivity index (χ3n) is 5.49. The molecule has 3 aromatic rings. The lowest BCUT2D eigenvalue weighted by Crippen LogP contribution is -2.40. The van der Waals surface area contributed by atoms with Gasteiger partial charge in [0, 0.05) is 23.8 Å². The van der Waals surface area contributed by atoms with Crippen LogP contribution in [-0.2, 0) is 0 Å². The molecule has 1 aromatic heterocycles. The number of hydrogen-bond donors (Lipinski definition) is 2. The SMILES string of the molecule is Cc1ccccc1-c1nn(-c2ccccc2)cc1C(=O)NC1CCC(N)CC1. The topological polar surface area (TPSA) is 72.9 Å². The molecule has 5 nitrogen and oxygen atoms in total. The van der Waals surface area contributed by atoms with Crippen molar-refractivity contribution in [2.45, 2.75) is 44.7 Å². The van der Waals surface area contributed by atoms with Gasteiger partial charge in [0.2, 0.25) is 0 Å². The number of hydrogen-bond acceptors (Lipinski definition) is 3. The normalized spacial score (nSPS) is 19.4. The van der Waals surface area contributed by atoms with Gasteiger partial charge in [0.15, 0.2) is 0 Å². The number of rotatable bonds is 4. The molecule has 1 amide bonds. The Labute approximate surface area is 165 Å². The van der Waals surface area contributed by atoms with Crippen LogP contribution >= 0.6 is 0 Å². The molecule has 3 N–H and O–H groups in total. The Morgan fingerprint density at radius 1 is 1.04 bits per heavy atom. The molecule has 0 radical (unpaired) electrons. The van der Waals surface area contributed by atoms with Crippen LogP contribution in [0.15, 0.2) is 60.8 Å². The highest BCUT2D eigenvalue weighted by molar-refractivity contribution is 6.00. The second kappa shape index (κ2) is 7.98. The Bertz CT molecular complexity index is 956. The van der Waals surface area contributed by atoms with Crippen molar-refractivity contribution < 1.29 is 4.79 Å². The minimum absolute atomic E-state index is 0.0686. The largest absolute Gasteiger partial charge is 0.349 e. The summed E-state index contributed by atoms with van der Waals surface area (Å²) < 4.78 is 1.79. The van der Waals surface area contributed by atoms with Gasteiger partial charge < -0.3 is 11.1 Å². The van der Waals surface area contributed by atoms with Crippen molar-refractivity contribution in [3.63, 3.8) is 0 Å². The van der Waals surface area contributed by atoms with Crippen LogP contribution in [0, 0.1) is 6.92 Å². The van der Waals surface area contributed by atoms with E-state index in [-0.39, 0.29) is 18.0 Å². The van der Waals surface area contributed by atoms with Gasteiger partial charge >= 0.3 is 0 Å². The molecule has 0 spiro atoms. The first-order chi connectivity index (χ1) is 13.6. The van der Waals surface area contributed by atoms with E-state index in [4.69, 9.17) is 10.8 Å². The number of nitrogens with zero attached hydrogens (tertiary/aromatic N) is 2. The number of aromatic nitrogens is 2. The lowest BCUT2D eigenvalue weighted by molar-refractivity contribution is 0.0926. The molecule has 1 fully saturated rings. The quantitative estimate of drug-likeness (QED) is 0.729. The van der Waals surface area contributed by atoms with Gasteiger partial charge in [-0.05, 0) is 50.3 Å². The van der Waals surface area contributed by atoms with Crippen LogP contribution < -0.4 is 11.1 Å². The summed E-state index contributed by atoms with van der Waals surface area (Å²) in [6.45, 7) is 2.04. The van der Waals surface area contributed by atoms with Crippen LogP contribution in [0.25, 0.3) is 16.9 Å². The molecule has 0 unspecified atom stereocenters. The van der Waals surface area contributed by atoms with E-state index in [1.165, 1.54) is 0 Å². The molecule has 144 valence electrons. The average molecular weight is 374 g/mol. The van der Waals surface area contributed by atoms with E-state index in [0.29, 0.717) is 11.3 Å². The molecular weight excluding hydrogens is 348 g/mol. The summed E-state index contributed by atoms with van der Waals surface area (Å²) in [5, 5.41) is 7.98. The summed E-state index contributed by atoms with van der Waals surface area (Å²) >= 11 is 0. The molecule has 1 aliphatic rings. The molecule has 2 aromatic carbocycles. The van der Waals surface area contributed by atoms with Gasteiger partial charge in [-0.2, -0.15) is 5.10 Å². The summed E-state index contributed by atoms with van der Waals surface area (Å²) in [4.78, 5) is 13.1. The molecule has 0 saturated heterocycles. The molecule has 1 aliphatic carbocycles. The molecule has 28 heavy (non-hydrogen) atoms. The summed E-state index contributed by atoms with van der Waals surface area (Å²) in [6, 6.07) is 18.4. The van der Waals surface area contributed by atoms with Crippen LogP contribution in [0.1, 0.15) is 41.6 Å². The van der Waals surface area contributed by atoms with Gasteiger partial charge in [-0.1, -0.05) is 42.5 Å². The Morgan fingerprint density at radius 2 is 1.71 bits per heavy atom. The molecule has 5 heteroatoms. The maximum absolute atomic E-state index is 13.1. The van der Waals surface area contributed by atoms with Crippen molar-refractivity contribution in [1.82, 2.24) is 15.1 Å². The first-order valence-electron chi connectivity index (χ1n) is 9.89. The molecular formula is C23H26N4O. The summed E-state index contributed by atoms with van der Waals surface area (Å²) in [7, 11) is 0. The van der Waals surface area contributed by atoms with Crippen LogP contribution in [0.5, 0.6) is 0 Å². The van der Waals surface area contributed by atoms with Crippen molar-refractivity contribution in [2.75, 3.05) is 0 Å². The molecule has 1 heterocycles. The summed E-state index contributed by atoms with van der Waals surface area (Å²) in [5.41, 5.74) is 10.3. The van der Waals surface area contributed by atoms with Crippen molar-refractivity contribution >= 4 is 5.91 Å². The van der Waals surface area contributed by atoms with E-state index in [1.807, 2.05) is 67.7 Å². The lowest BCUT2D eigenvalue weighted by Gasteiger charge is -2.26. The fourth-order valence-corrected chi connectivity index (χ4v) is 3.82. The van der Waals surface area contributed by atoms with Crippen LogP contribution in [-0.4, -0.2) is 27.8 Å². The number of para-hydroxylation sites is 1. The van der Waals surface area contributed by atoms with Gasteiger partial charge in [0.25, 0.3) is 5.91 Å². The van der Waals surface area contributed by atoms with E-state index in [9.17, 15) is 4.79 Å². The second-order valence-corrected chi connectivity index (χ2v) is 7.57. The van der Waals surface area contributed by atoms with E-state index in [2.05, 4.69) is 5.32 Å². The summed E-state index contributed by atoms with van der Waals surface area (Å²) in [5.74, 6) is -0.0686. The van der Waals surface area contributed by atoms with Crippen molar-refractivity contribution in [3.05, 3.63) is 71.9 Å². The van der Waals surface area contributed by atoms with E-state index in [0.717, 1.165) is 42.5 Å². The molecule has 1 saturated carbocycles. The zero-order chi connectivity index (χ0) is 19.5. The van der Waals surface area contributed by atoms with Gasteiger partial charge in [-0.15, -0.1) is 0 Å². The predicted molar refractivity (Wildman–Crippen MR) is 111 cm³/mol. The fourth-order valence-electron chi connectivity index (χ4n) is 3.82. The van der Waals surface area contributed by atoms with Crippen molar-refractivity contribution in [1.29, 1.82) is 0 Å². The van der Waals surface area contributed by atoms with Gasteiger partial charge in [0.1, 0.15) is 5.69 Å². The van der Waals surface area contributed by atoms with E-state index in [1.54, 1.807) is 4.68 Å². The second-order valence-electron chi connectivity index (χ2n) is 7.57. The minimum Gasteiger partial charge on any atom is -0.349 e. The molecule has 0 aliphatic heterocycles. The van der Waals surface area contributed by atoms with E-state index < -0.39 is 0 Å². The van der Waals surface area contributed by atoms with Crippen molar-refractivity contribution in [3.8, 4) is 16.9 Å². The number of benzene rings is 2. The highest BCUT2D eigenvalue weighted by Gasteiger charge is 2.24. The maximum Gasteiger partial charge on any atom is 0.255 e. The van der Waals surface area contributed by atoms with Gasteiger partial charge in [0.05, 0.1) is 11.3 Å². The Morgan fingerprint density at radius 3 is 2.43 bits per heavy atom. The average Bonchev–Trinajstić information content (AvgIpc) is 3.16. The number of carbonyl (C=O) groups is 1. The van der Waals surface area contributed by atoms with Gasteiger partial charge in [-0.3, -0.25) is 4.79 Å². The Balaban J connectivity index is 1.69. The molecule has 0 bridgehead atoms. The smallest absolute Gasteiger partial charge is 0.255 e. The lowest BCUT2D eigenvalue weighted by atomic mass is 9.91. The first kappa shape index (κ1) is 18.4. The van der Waals surface area contributed by atoms with Crippen molar-refractivity contribution in [2.24, 2.45) is 5.73 Å². The number of carbonyl (C=O) groups excluding carboxylic acids is 1. The highest BCUT2D eigenvalue weighted by Crippen LogP contribution is 2.27. The Hall–Kier alpha value is -2.92. The third-order valence-corrected chi connectivity index (χ3v) is 5.49. The van der Waals surface area contributed by atoms with Crippen LogP contribution in [0.4, 0.5) is 0 Å². The number of nitrogens with two attached hydrogens (primary N) is 1. The Kier molecular flexibility index (Phi) is 5.26. The third kappa shape index (κ3) is 3.85. The van der Waals surface area contributed by atoms with Crippen LogP contribution in [0.2, 0.25) is 0 Å². The zero-order valence-corrected chi connectivity index (χ0v) is 16.1.